The molecule has 124 valence electrons. The van der Waals surface area contributed by atoms with E-state index in [1.807, 2.05) is 30.3 Å². The summed E-state index contributed by atoms with van der Waals surface area (Å²) in [5, 5.41) is 0. The molecule has 1 aromatic rings. The van der Waals surface area contributed by atoms with Gasteiger partial charge < -0.3 is 10.5 Å². The second-order valence-corrected chi connectivity index (χ2v) is 7.42. The van der Waals surface area contributed by atoms with Gasteiger partial charge in [-0.25, -0.2) is 13.1 Å². The van der Waals surface area contributed by atoms with Gasteiger partial charge in [-0.3, -0.25) is 4.90 Å². The van der Waals surface area contributed by atoms with Crippen LogP contribution in [0.2, 0.25) is 0 Å². The van der Waals surface area contributed by atoms with Gasteiger partial charge in [0, 0.05) is 25.7 Å². The molecule has 0 saturated carbocycles. The molecule has 0 amide bonds. The third-order valence-electron chi connectivity index (χ3n) is 3.74. The molecule has 6 nitrogen and oxygen atoms in total. The summed E-state index contributed by atoms with van der Waals surface area (Å²) in [6.45, 7) is 4.24. The maximum absolute atomic E-state index is 12.0. The molecule has 0 bridgehead atoms. The summed E-state index contributed by atoms with van der Waals surface area (Å²) in [6.07, 6.45) is 0.621. The van der Waals surface area contributed by atoms with Gasteiger partial charge in [-0.1, -0.05) is 30.3 Å². The molecular weight excluding hydrogens is 302 g/mol. The van der Waals surface area contributed by atoms with Crippen LogP contribution in [-0.2, 0) is 14.8 Å². The number of benzene rings is 1. The number of ether oxygens (including phenoxy) is 1. The highest BCUT2D eigenvalue weighted by atomic mass is 32.2. The fraction of sp³-hybridized carbons (Fsp3) is 0.600. The van der Waals surface area contributed by atoms with Crippen molar-refractivity contribution >= 4 is 10.0 Å². The largest absolute Gasteiger partial charge is 0.379 e. The Morgan fingerprint density at radius 1 is 1.23 bits per heavy atom. The van der Waals surface area contributed by atoms with Crippen LogP contribution < -0.4 is 10.5 Å². The van der Waals surface area contributed by atoms with Gasteiger partial charge >= 0.3 is 0 Å². The zero-order valence-electron chi connectivity index (χ0n) is 12.8. The first-order valence-corrected chi connectivity index (χ1v) is 9.30. The van der Waals surface area contributed by atoms with Gasteiger partial charge in [-0.15, -0.1) is 0 Å². The fourth-order valence-corrected chi connectivity index (χ4v) is 3.50. The molecule has 1 atom stereocenters. The maximum atomic E-state index is 12.0. The highest BCUT2D eigenvalue weighted by Gasteiger charge is 2.15. The number of sulfonamides is 1. The van der Waals surface area contributed by atoms with E-state index in [1.54, 1.807) is 0 Å². The van der Waals surface area contributed by atoms with Crippen molar-refractivity contribution < 1.29 is 13.2 Å². The molecule has 2 rings (SSSR count). The Labute approximate surface area is 132 Å². The summed E-state index contributed by atoms with van der Waals surface area (Å²) in [6, 6.07) is 9.18. The van der Waals surface area contributed by atoms with Crippen molar-refractivity contribution in [3.63, 3.8) is 0 Å². The minimum atomic E-state index is -3.27. The Hall–Kier alpha value is -0.990. The predicted octanol–water partition coefficient (Wildman–Crippen LogP) is 0.328. The number of nitrogens with two attached hydrogens (primary N) is 1. The molecule has 0 aliphatic carbocycles. The van der Waals surface area contributed by atoms with Crippen LogP contribution in [0.1, 0.15) is 18.0 Å². The van der Waals surface area contributed by atoms with Crippen LogP contribution in [-0.4, -0.2) is 58.5 Å². The fourth-order valence-electron chi connectivity index (χ4n) is 2.41. The highest BCUT2D eigenvalue weighted by Crippen LogP contribution is 2.08. The lowest BCUT2D eigenvalue weighted by Crippen LogP contribution is -2.38. The van der Waals surface area contributed by atoms with Gasteiger partial charge in [-0.05, 0) is 18.5 Å². The Kier molecular flexibility index (Phi) is 6.78. The second kappa shape index (κ2) is 8.59. The van der Waals surface area contributed by atoms with Crippen LogP contribution in [0, 0.1) is 0 Å². The molecule has 3 N–H and O–H groups in total. The SMILES string of the molecule is NC(CNS(=O)(=O)CCCN1CCOCC1)c1ccccc1. The van der Waals surface area contributed by atoms with Crippen molar-refractivity contribution in [1.82, 2.24) is 9.62 Å². The molecule has 0 radical (unpaired) electrons. The first-order valence-electron chi connectivity index (χ1n) is 7.65. The van der Waals surface area contributed by atoms with Gasteiger partial charge in [0.25, 0.3) is 0 Å². The molecule has 1 saturated heterocycles. The summed E-state index contributed by atoms with van der Waals surface area (Å²) in [5.74, 6) is 0.131. The molecule has 1 aliphatic heterocycles. The first kappa shape index (κ1) is 17.4. The van der Waals surface area contributed by atoms with Crippen LogP contribution in [0.25, 0.3) is 0 Å². The lowest BCUT2D eigenvalue weighted by molar-refractivity contribution is 0.0381. The average Bonchev–Trinajstić information content (AvgIpc) is 2.54. The van der Waals surface area contributed by atoms with Gasteiger partial charge in [0.15, 0.2) is 0 Å². The molecule has 1 fully saturated rings. The lowest BCUT2D eigenvalue weighted by Gasteiger charge is -2.26. The van der Waals surface area contributed by atoms with Crippen LogP contribution in [0.5, 0.6) is 0 Å². The zero-order chi connectivity index (χ0) is 15.8. The van der Waals surface area contributed by atoms with E-state index in [0.29, 0.717) is 6.42 Å². The maximum Gasteiger partial charge on any atom is 0.211 e. The number of nitrogens with zero attached hydrogens (tertiary/aromatic N) is 1. The summed E-state index contributed by atoms with van der Waals surface area (Å²) in [5.41, 5.74) is 6.93. The van der Waals surface area contributed by atoms with Crippen LogP contribution in [0.3, 0.4) is 0 Å². The molecule has 22 heavy (non-hydrogen) atoms. The van der Waals surface area contributed by atoms with Crippen molar-refractivity contribution in [3.8, 4) is 0 Å². The number of morpholine rings is 1. The minimum Gasteiger partial charge on any atom is -0.379 e. The number of nitrogens with one attached hydrogen (secondary N) is 1. The van der Waals surface area contributed by atoms with Crippen molar-refractivity contribution in [2.45, 2.75) is 12.5 Å². The van der Waals surface area contributed by atoms with E-state index in [4.69, 9.17) is 10.5 Å². The summed E-state index contributed by atoms with van der Waals surface area (Å²) in [4.78, 5) is 2.23. The zero-order valence-corrected chi connectivity index (χ0v) is 13.6. The molecule has 1 aromatic carbocycles. The summed E-state index contributed by atoms with van der Waals surface area (Å²) < 4.78 is 31.9. The van der Waals surface area contributed by atoms with E-state index in [-0.39, 0.29) is 18.3 Å². The van der Waals surface area contributed by atoms with Crippen LogP contribution in [0.4, 0.5) is 0 Å². The van der Waals surface area contributed by atoms with Crippen LogP contribution in [0.15, 0.2) is 30.3 Å². The standard InChI is InChI=1S/C15H25N3O3S/c16-15(14-5-2-1-3-6-14)13-17-22(19,20)12-4-7-18-8-10-21-11-9-18/h1-3,5-6,15,17H,4,7-13,16H2. The van der Waals surface area contributed by atoms with Crippen molar-refractivity contribution in [1.29, 1.82) is 0 Å². The van der Waals surface area contributed by atoms with Crippen molar-refractivity contribution in [2.24, 2.45) is 5.73 Å². The molecule has 1 heterocycles. The summed E-state index contributed by atoms with van der Waals surface area (Å²) >= 11 is 0. The summed E-state index contributed by atoms with van der Waals surface area (Å²) in [7, 11) is -3.27. The average molecular weight is 327 g/mol. The third kappa shape index (κ3) is 6.02. The van der Waals surface area contributed by atoms with E-state index in [0.717, 1.165) is 38.4 Å². The molecule has 1 aliphatic rings. The Bertz CT molecular complexity index is 530. The lowest BCUT2D eigenvalue weighted by atomic mass is 10.1. The van der Waals surface area contributed by atoms with Gasteiger partial charge in [0.1, 0.15) is 0 Å². The Morgan fingerprint density at radius 3 is 2.59 bits per heavy atom. The number of hydrogen-bond acceptors (Lipinski definition) is 5. The number of rotatable bonds is 8. The Morgan fingerprint density at radius 2 is 1.91 bits per heavy atom. The highest BCUT2D eigenvalue weighted by molar-refractivity contribution is 7.89. The molecule has 0 aromatic heterocycles. The second-order valence-electron chi connectivity index (χ2n) is 5.49. The van der Waals surface area contributed by atoms with Crippen molar-refractivity contribution in [2.75, 3.05) is 45.1 Å². The Balaban J connectivity index is 1.69. The topological polar surface area (TPSA) is 84.7 Å². The van der Waals surface area contributed by atoms with Gasteiger partial charge in [0.05, 0.1) is 19.0 Å². The smallest absolute Gasteiger partial charge is 0.211 e. The quantitative estimate of drug-likeness (QED) is 0.719. The predicted molar refractivity (Wildman–Crippen MR) is 87.0 cm³/mol. The molecule has 0 spiro atoms. The minimum absolute atomic E-state index is 0.131. The van der Waals surface area contributed by atoms with Crippen LogP contribution >= 0.6 is 0 Å². The number of hydrogen-bond donors (Lipinski definition) is 2. The molecule has 7 heteroatoms. The monoisotopic (exact) mass is 327 g/mol. The van der Waals surface area contributed by atoms with E-state index < -0.39 is 10.0 Å². The molecule has 1 unspecified atom stereocenters. The first-order chi connectivity index (χ1) is 10.6. The van der Waals surface area contributed by atoms with E-state index >= 15 is 0 Å². The molecular formula is C15H25N3O3S. The normalized spacial score (nSPS) is 18.2. The van der Waals surface area contributed by atoms with E-state index in [1.165, 1.54) is 0 Å². The van der Waals surface area contributed by atoms with E-state index in [9.17, 15) is 8.42 Å². The van der Waals surface area contributed by atoms with E-state index in [2.05, 4.69) is 9.62 Å². The van der Waals surface area contributed by atoms with Gasteiger partial charge in [0.2, 0.25) is 10.0 Å². The third-order valence-corrected chi connectivity index (χ3v) is 5.17. The van der Waals surface area contributed by atoms with Crippen molar-refractivity contribution in [3.05, 3.63) is 35.9 Å². The van der Waals surface area contributed by atoms with Gasteiger partial charge in [-0.2, -0.15) is 0 Å².